The SMILES string of the molecule is O=S(=O)(O)C1C=C(F)C(F)(c2ccccc2Cl)C=C1F. The van der Waals surface area contributed by atoms with Gasteiger partial charge in [0, 0.05) is 10.6 Å². The maximum atomic E-state index is 14.7. The fourth-order valence-corrected chi connectivity index (χ4v) is 2.78. The van der Waals surface area contributed by atoms with Crippen molar-refractivity contribution in [1.82, 2.24) is 0 Å². The van der Waals surface area contributed by atoms with E-state index in [4.69, 9.17) is 16.2 Å². The van der Waals surface area contributed by atoms with Crippen LogP contribution in [0.5, 0.6) is 0 Å². The molecule has 0 bridgehead atoms. The minimum atomic E-state index is -4.91. The highest BCUT2D eigenvalue weighted by molar-refractivity contribution is 7.86. The van der Waals surface area contributed by atoms with Gasteiger partial charge < -0.3 is 0 Å². The second-order valence-corrected chi connectivity index (χ2v) is 6.12. The van der Waals surface area contributed by atoms with E-state index in [1.807, 2.05) is 0 Å². The summed E-state index contributed by atoms with van der Waals surface area (Å²) in [6.45, 7) is 0. The number of allylic oxidation sites excluding steroid dienone is 2. The molecule has 1 aliphatic rings. The van der Waals surface area contributed by atoms with Crippen molar-refractivity contribution in [2.75, 3.05) is 0 Å². The Kier molecular flexibility index (Phi) is 3.70. The van der Waals surface area contributed by atoms with Crippen molar-refractivity contribution in [2.45, 2.75) is 10.9 Å². The van der Waals surface area contributed by atoms with Gasteiger partial charge >= 0.3 is 0 Å². The Bertz CT molecular complexity index is 714. The summed E-state index contributed by atoms with van der Waals surface area (Å²) in [5, 5.41) is -2.40. The monoisotopic (exact) mass is 324 g/mol. The highest BCUT2D eigenvalue weighted by atomic mass is 35.5. The highest BCUT2D eigenvalue weighted by Gasteiger charge is 2.44. The quantitative estimate of drug-likeness (QED) is 0.847. The van der Waals surface area contributed by atoms with Gasteiger partial charge in [-0.1, -0.05) is 29.8 Å². The minimum Gasteiger partial charge on any atom is -0.285 e. The lowest BCUT2D eigenvalue weighted by molar-refractivity contribution is 0.228. The predicted molar refractivity (Wildman–Crippen MR) is 68.0 cm³/mol. The van der Waals surface area contributed by atoms with Crippen LogP contribution >= 0.6 is 11.6 Å². The van der Waals surface area contributed by atoms with E-state index in [-0.39, 0.29) is 22.7 Å². The zero-order chi connectivity index (χ0) is 15.1. The number of alkyl halides is 1. The number of rotatable bonds is 2. The summed E-state index contributed by atoms with van der Waals surface area (Å²) < 4.78 is 72.7. The Labute approximate surface area is 118 Å². The van der Waals surface area contributed by atoms with Gasteiger partial charge in [0.2, 0.25) is 5.67 Å². The first kappa shape index (κ1) is 15.1. The van der Waals surface area contributed by atoms with Crippen molar-refractivity contribution < 1.29 is 26.1 Å². The van der Waals surface area contributed by atoms with Crippen molar-refractivity contribution in [1.29, 1.82) is 0 Å². The van der Waals surface area contributed by atoms with Gasteiger partial charge in [0.25, 0.3) is 10.1 Å². The summed E-state index contributed by atoms with van der Waals surface area (Å²) in [7, 11) is -4.91. The second kappa shape index (κ2) is 4.91. The van der Waals surface area contributed by atoms with Gasteiger partial charge in [0.05, 0.1) is 0 Å². The zero-order valence-corrected chi connectivity index (χ0v) is 11.3. The summed E-state index contributed by atoms with van der Waals surface area (Å²) >= 11 is 5.73. The Morgan fingerprint density at radius 2 is 1.85 bits per heavy atom. The maximum Gasteiger partial charge on any atom is 0.278 e. The molecule has 0 radical (unpaired) electrons. The average Bonchev–Trinajstić information content (AvgIpc) is 2.32. The van der Waals surface area contributed by atoms with Crippen LogP contribution < -0.4 is 0 Å². The minimum absolute atomic E-state index is 0.145. The van der Waals surface area contributed by atoms with Gasteiger partial charge in [-0.3, -0.25) is 4.55 Å². The largest absolute Gasteiger partial charge is 0.285 e. The molecule has 0 saturated carbocycles. The van der Waals surface area contributed by atoms with Crippen molar-refractivity contribution in [3.05, 3.63) is 58.7 Å². The average molecular weight is 325 g/mol. The topological polar surface area (TPSA) is 54.4 Å². The fourth-order valence-electron chi connectivity index (χ4n) is 1.87. The third kappa shape index (κ3) is 2.48. The van der Waals surface area contributed by atoms with Crippen LogP contribution in [-0.4, -0.2) is 18.2 Å². The normalized spacial score (nSPS) is 26.9. The van der Waals surface area contributed by atoms with E-state index in [2.05, 4.69) is 0 Å². The molecule has 3 nitrogen and oxygen atoms in total. The first-order valence-electron chi connectivity index (χ1n) is 5.32. The van der Waals surface area contributed by atoms with E-state index in [0.717, 1.165) is 6.07 Å². The van der Waals surface area contributed by atoms with Crippen molar-refractivity contribution in [3.63, 3.8) is 0 Å². The molecule has 0 aromatic heterocycles. The van der Waals surface area contributed by atoms with E-state index in [9.17, 15) is 21.6 Å². The van der Waals surface area contributed by atoms with Gasteiger partial charge in [-0.25, -0.2) is 13.2 Å². The molecule has 1 N–H and O–H groups in total. The fraction of sp³-hybridized carbons (Fsp3) is 0.167. The van der Waals surface area contributed by atoms with Crippen molar-refractivity contribution >= 4 is 21.7 Å². The molecule has 0 amide bonds. The highest BCUT2D eigenvalue weighted by Crippen LogP contribution is 2.44. The van der Waals surface area contributed by atoms with Crippen molar-refractivity contribution in [3.8, 4) is 0 Å². The number of halogens is 4. The Hall–Kier alpha value is -1.31. The van der Waals surface area contributed by atoms with Crippen molar-refractivity contribution in [2.24, 2.45) is 0 Å². The summed E-state index contributed by atoms with van der Waals surface area (Å²) in [6.07, 6.45) is 0.329. The Morgan fingerprint density at radius 1 is 1.25 bits per heavy atom. The van der Waals surface area contributed by atoms with Gasteiger partial charge in [0.1, 0.15) is 11.7 Å². The summed E-state index contributed by atoms with van der Waals surface area (Å²) in [6, 6.07) is 5.27. The van der Waals surface area contributed by atoms with Crippen LogP contribution in [0.1, 0.15) is 5.56 Å². The molecule has 20 heavy (non-hydrogen) atoms. The molecule has 1 aliphatic carbocycles. The molecule has 0 spiro atoms. The Balaban J connectivity index is 2.59. The molecule has 0 heterocycles. The molecule has 108 valence electrons. The predicted octanol–water partition coefficient (Wildman–Crippen LogP) is 3.48. The molecular formula is C12H8ClF3O3S. The third-order valence-electron chi connectivity index (χ3n) is 2.84. The molecule has 2 atom stereocenters. The lowest BCUT2D eigenvalue weighted by Crippen LogP contribution is -2.30. The molecular weight excluding hydrogens is 317 g/mol. The summed E-state index contributed by atoms with van der Waals surface area (Å²) in [5.41, 5.74) is -3.37. The van der Waals surface area contributed by atoms with Crippen LogP contribution in [0.2, 0.25) is 5.02 Å². The van der Waals surface area contributed by atoms with Crippen LogP contribution in [0.4, 0.5) is 13.2 Å². The lowest BCUT2D eigenvalue weighted by atomic mass is 9.89. The number of hydrogen-bond donors (Lipinski definition) is 1. The number of hydrogen-bond acceptors (Lipinski definition) is 2. The zero-order valence-electron chi connectivity index (χ0n) is 9.73. The summed E-state index contributed by atoms with van der Waals surface area (Å²) in [5.74, 6) is -3.08. The molecule has 0 saturated heterocycles. The van der Waals surface area contributed by atoms with Crippen LogP contribution in [0.15, 0.2) is 48.1 Å². The number of benzene rings is 1. The Morgan fingerprint density at radius 3 is 2.40 bits per heavy atom. The van der Waals surface area contributed by atoms with Crippen LogP contribution in [0, 0.1) is 0 Å². The standard InChI is InChI=1S/C12H8ClF3O3S/c13-8-4-2-1-3-7(8)12(16)6-9(14)10(5-11(12)15)20(17,18)19/h1-6,10H,(H,17,18,19). The molecule has 1 aromatic carbocycles. The second-order valence-electron chi connectivity index (χ2n) is 4.17. The molecule has 0 aliphatic heterocycles. The molecule has 0 fully saturated rings. The van der Waals surface area contributed by atoms with E-state index in [1.165, 1.54) is 18.2 Å². The first-order chi connectivity index (χ1) is 9.16. The maximum absolute atomic E-state index is 14.7. The third-order valence-corrected chi connectivity index (χ3v) is 4.17. The van der Waals surface area contributed by atoms with Gasteiger partial charge in [-0.15, -0.1) is 0 Å². The van der Waals surface area contributed by atoms with Crippen LogP contribution in [0.25, 0.3) is 0 Å². The smallest absolute Gasteiger partial charge is 0.278 e. The molecule has 1 aromatic rings. The van der Waals surface area contributed by atoms with Gasteiger partial charge in [-0.2, -0.15) is 8.42 Å². The summed E-state index contributed by atoms with van der Waals surface area (Å²) in [4.78, 5) is 0. The van der Waals surface area contributed by atoms with E-state index in [0.29, 0.717) is 0 Å². The lowest BCUT2D eigenvalue weighted by Gasteiger charge is -2.26. The molecule has 2 unspecified atom stereocenters. The van der Waals surface area contributed by atoms with E-state index < -0.39 is 32.7 Å². The first-order valence-corrected chi connectivity index (χ1v) is 7.20. The van der Waals surface area contributed by atoms with Gasteiger partial charge in [-0.05, 0) is 18.2 Å². The van der Waals surface area contributed by atoms with Crippen LogP contribution in [0.3, 0.4) is 0 Å². The van der Waals surface area contributed by atoms with E-state index in [1.54, 1.807) is 0 Å². The van der Waals surface area contributed by atoms with Crippen LogP contribution in [-0.2, 0) is 15.8 Å². The van der Waals surface area contributed by atoms with Gasteiger partial charge in [0.15, 0.2) is 5.25 Å². The molecule has 8 heteroatoms. The molecule has 2 rings (SSSR count). The van der Waals surface area contributed by atoms with E-state index >= 15 is 0 Å².